The minimum atomic E-state index is -3.83. The highest BCUT2D eigenvalue weighted by molar-refractivity contribution is 7.90. The van der Waals surface area contributed by atoms with Gasteiger partial charge in [0.2, 0.25) is 20.0 Å². The maximum absolute atomic E-state index is 13.3. The molecule has 20 heteroatoms. The Morgan fingerprint density at radius 1 is 0.580 bits per heavy atom. The molecule has 88 heavy (non-hydrogen) atoms. The Kier molecular flexibility index (Phi) is 20.3. The zero-order valence-corrected chi connectivity index (χ0v) is 54.3. The van der Waals surface area contributed by atoms with Crippen molar-refractivity contribution >= 4 is 66.4 Å². The van der Waals surface area contributed by atoms with Crippen LogP contribution in [0.1, 0.15) is 121 Å². The molecule has 12 rings (SSSR count). The van der Waals surface area contributed by atoms with E-state index in [1.54, 1.807) is 38.5 Å². The number of carbonyl (C=O) groups is 2. The third kappa shape index (κ3) is 14.8. The van der Waals surface area contributed by atoms with Crippen LogP contribution in [0.15, 0.2) is 97.1 Å². The van der Waals surface area contributed by atoms with Crippen molar-refractivity contribution in [2.24, 2.45) is 35.5 Å². The SMILES string of the molecule is COCCO[C@H]1/C=C/C[C@@H](C)CS(=O)(=O)NC(=O)c2ccc3c(c2)N(C[C@@H]2CC[C@H]21)C[C@@]1(CCCc2cc(Cl)ccc21)CO3.COCCO[C@H]1/C=C/C[C@H](C)CS(=O)(=O)NC(=O)c2ccc3c(c2)N(C[C@@H]2CC[C@H]21)C[C@@]1(CCCc2cc(Cl)ccc21)CO3. The second kappa shape index (κ2) is 27.7. The third-order valence-electron chi connectivity index (χ3n) is 19.7. The van der Waals surface area contributed by atoms with Crippen molar-refractivity contribution in [2.45, 2.75) is 114 Å². The van der Waals surface area contributed by atoms with Crippen molar-refractivity contribution in [3.8, 4) is 11.5 Å². The molecule has 4 aliphatic heterocycles. The molecule has 476 valence electrons. The molecule has 0 aromatic heterocycles. The van der Waals surface area contributed by atoms with E-state index in [-0.39, 0.29) is 46.4 Å². The van der Waals surface area contributed by atoms with Gasteiger partial charge in [0, 0.05) is 72.4 Å². The smallest absolute Gasteiger partial charge is 0.264 e. The largest absolute Gasteiger partial charge is 0.490 e. The molecule has 2 N–H and O–H groups in total. The number of amides is 2. The number of rotatable bonds is 8. The summed E-state index contributed by atoms with van der Waals surface area (Å²) >= 11 is 12.8. The van der Waals surface area contributed by atoms with Crippen LogP contribution >= 0.6 is 23.2 Å². The molecule has 16 nitrogen and oxygen atoms in total. The Morgan fingerprint density at radius 3 is 1.41 bits per heavy atom. The van der Waals surface area contributed by atoms with Crippen LogP contribution in [-0.2, 0) is 62.7 Å². The number of sulfonamides is 2. The standard InChI is InChI=1S/2C34H43ClN2O6S/c2*1-23-5-3-7-31(42-16-15-41-2)28-11-8-26(28)19-37-21-34(14-4-6-24-17-27(35)10-12-29(24)34)22-43-32-13-9-25(18-30(32)37)33(38)36-44(39,40)20-23/h2*3,7,9-10,12-13,17-18,23,26,28,31H,4-6,8,11,14-16,19-22H2,1-2H3,(H,36,38)/b2*7-3+/t23-,26+,28-,31+,34+;23-,26-,28+,31-,34-/m10/s1. The Labute approximate surface area is 530 Å². The predicted octanol–water partition coefficient (Wildman–Crippen LogP) is 11.1. The summed E-state index contributed by atoms with van der Waals surface area (Å²) in [5.74, 6) is 0.973. The predicted molar refractivity (Wildman–Crippen MR) is 344 cm³/mol. The van der Waals surface area contributed by atoms with E-state index in [2.05, 4.69) is 55.7 Å². The summed E-state index contributed by atoms with van der Waals surface area (Å²) in [6, 6.07) is 23.0. The van der Waals surface area contributed by atoms with Crippen LogP contribution in [0, 0.1) is 35.5 Å². The molecule has 8 aliphatic rings. The van der Waals surface area contributed by atoms with E-state index in [4.69, 9.17) is 51.6 Å². The Morgan fingerprint density at radius 2 is 1.01 bits per heavy atom. The average Bonchev–Trinajstić information content (AvgIpc) is 1.62. The summed E-state index contributed by atoms with van der Waals surface area (Å²) in [5.41, 5.74) is 6.87. The first-order chi connectivity index (χ1) is 42.3. The van der Waals surface area contributed by atoms with Gasteiger partial charge >= 0.3 is 0 Å². The van der Waals surface area contributed by atoms with Crippen molar-refractivity contribution in [2.75, 3.05) is 101 Å². The maximum Gasteiger partial charge on any atom is 0.264 e. The van der Waals surface area contributed by atoms with E-state index >= 15 is 0 Å². The molecule has 4 aromatic rings. The van der Waals surface area contributed by atoms with E-state index in [0.717, 1.165) is 112 Å². The van der Waals surface area contributed by atoms with Crippen LogP contribution in [0.3, 0.4) is 0 Å². The minimum absolute atomic E-state index is 0.0825. The van der Waals surface area contributed by atoms with E-state index in [0.29, 0.717) is 98.8 Å². The molecular formula is C68H86Cl2N4O12S2. The topological polar surface area (TPSA) is 188 Å². The van der Waals surface area contributed by atoms with Gasteiger partial charge in [-0.15, -0.1) is 0 Å². The van der Waals surface area contributed by atoms with Gasteiger partial charge in [0.25, 0.3) is 11.8 Å². The zero-order valence-electron chi connectivity index (χ0n) is 51.2. The fourth-order valence-corrected chi connectivity index (χ4v) is 18.1. The number of fused-ring (bicyclic) bond motifs is 8. The maximum atomic E-state index is 13.3. The molecule has 2 spiro atoms. The number of anilines is 2. The van der Waals surface area contributed by atoms with Crippen molar-refractivity contribution < 1.29 is 54.8 Å². The van der Waals surface area contributed by atoms with Crippen LogP contribution < -0.4 is 28.7 Å². The quantitative estimate of drug-likeness (QED) is 0.125. The van der Waals surface area contributed by atoms with E-state index in [1.165, 1.54) is 22.3 Å². The number of hydrogen-bond acceptors (Lipinski definition) is 14. The fraction of sp³-hybridized carbons (Fsp3) is 0.559. The minimum Gasteiger partial charge on any atom is -0.490 e. The van der Waals surface area contributed by atoms with Crippen LogP contribution in [0.4, 0.5) is 11.4 Å². The number of nitrogens with one attached hydrogen (secondary N) is 2. The van der Waals surface area contributed by atoms with Crippen molar-refractivity contribution in [1.82, 2.24) is 9.44 Å². The lowest BCUT2D eigenvalue weighted by atomic mass is 9.68. The lowest BCUT2D eigenvalue weighted by Crippen LogP contribution is -2.49. The fourth-order valence-electron chi connectivity index (χ4n) is 15.0. The highest BCUT2D eigenvalue weighted by Gasteiger charge is 2.47. The first kappa shape index (κ1) is 64.4. The van der Waals surface area contributed by atoms with E-state index in [1.807, 2.05) is 50.3 Å². The van der Waals surface area contributed by atoms with Crippen LogP contribution in [-0.4, -0.2) is 132 Å². The number of methoxy groups -OCH3 is 2. The van der Waals surface area contributed by atoms with Crippen LogP contribution in [0.5, 0.6) is 11.5 Å². The monoisotopic (exact) mass is 1280 g/mol. The Balaban J connectivity index is 0.000000182. The van der Waals surface area contributed by atoms with Gasteiger partial charge < -0.3 is 38.2 Å². The average molecular weight is 1290 g/mol. The van der Waals surface area contributed by atoms with Crippen molar-refractivity contribution in [1.29, 1.82) is 0 Å². The van der Waals surface area contributed by atoms with Crippen molar-refractivity contribution in [3.63, 3.8) is 0 Å². The summed E-state index contributed by atoms with van der Waals surface area (Å²) in [7, 11) is -4.32. The van der Waals surface area contributed by atoms with E-state index < -0.39 is 31.9 Å². The van der Waals surface area contributed by atoms with Gasteiger partial charge in [-0.25, -0.2) is 26.3 Å². The summed E-state index contributed by atoms with van der Waals surface area (Å²) < 4.78 is 92.9. The molecule has 10 atom stereocenters. The number of ether oxygens (including phenoxy) is 6. The summed E-state index contributed by atoms with van der Waals surface area (Å²) in [5, 5.41) is 1.49. The number of nitrogens with zero attached hydrogens (tertiary/aromatic N) is 2. The molecule has 4 aliphatic carbocycles. The van der Waals surface area contributed by atoms with Crippen LogP contribution in [0.2, 0.25) is 10.0 Å². The van der Waals surface area contributed by atoms with Gasteiger partial charge in [0.05, 0.1) is 74.7 Å². The molecule has 4 bridgehead atoms. The van der Waals surface area contributed by atoms with Gasteiger partial charge in [0.1, 0.15) is 11.5 Å². The third-order valence-corrected chi connectivity index (χ3v) is 23.2. The van der Waals surface area contributed by atoms with Gasteiger partial charge in [-0.2, -0.15) is 0 Å². The normalized spacial score (nSPS) is 30.6. The lowest BCUT2D eigenvalue weighted by molar-refractivity contribution is -0.0310. The number of allylic oxidation sites excluding steroid dienone is 2. The molecule has 0 unspecified atom stereocenters. The molecule has 2 fully saturated rings. The van der Waals surface area contributed by atoms with Gasteiger partial charge in [-0.1, -0.05) is 73.5 Å². The highest BCUT2D eigenvalue weighted by atomic mass is 35.5. The molecule has 2 saturated carbocycles. The first-order valence-electron chi connectivity index (χ1n) is 31.6. The number of hydrogen-bond donors (Lipinski definition) is 2. The van der Waals surface area contributed by atoms with Crippen LogP contribution in [0.25, 0.3) is 0 Å². The number of benzene rings is 4. The summed E-state index contributed by atoms with van der Waals surface area (Å²) in [6.45, 7) is 9.84. The Hall–Kier alpha value is -5.18. The summed E-state index contributed by atoms with van der Waals surface area (Å²) in [6.07, 6.45) is 19.6. The molecule has 0 radical (unpaired) electrons. The Bertz CT molecular complexity index is 3250. The highest BCUT2D eigenvalue weighted by Crippen LogP contribution is 2.50. The molecular weight excluding hydrogens is 1200 g/mol. The number of halogens is 2. The number of carbonyl (C=O) groups excluding carboxylic acids is 2. The second-order valence-electron chi connectivity index (χ2n) is 26.2. The molecule has 4 aromatic carbocycles. The van der Waals surface area contributed by atoms with Crippen molar-refractivity contribution in [3.05, 3.63) is 141 Å². The van der Waals surface area contributed by atoms with E-state index in [9.17, 15) is 26.4 Å². The van der Waals surface area contributed by atoms with Gasteiger partial charge in [-0.3, -0.25) is 9.59 Å². The molecule has 4 heterocycles. The first-order valence-corrected chi connectivity index (χ1v) is 35.6. The second-order valence-corrected chi connectivity index (χ2v) is 30.6. The van der Waals surface area contributed by atoms with Gasteiger partial charge in [0.15, 0.2) is 0 Å². The van der Waals surface area contributed by atoms with Gasteiger partial charge in [-0.05, 0) is 195 Å². The summed E-state index contributed by atoms with van der Waals surface area (Å²) in [4.78, 5) is 31.3. The zero-order chi connectivity index (χ0) is 61.8. The molecule has 0 saturated heterocycles. The molecule has 2 amide bonds. The number of aryl methyl sites for hydroxylation is 2. The lowest BCUT2D eigenvalue weighted by Gasteiger charge is -2.46.